The van der Waals surface area contributed by atoms with Crippen molar-refractivity contribution in [1.29, 1.82) is 0 Å². The number of para-hydroxylation sites is 1. The van der Waals surface area contributed by atoms with Gasteiger partial charge in [-0.1, -0.05) is 36.4 Å². The summed E-state index contributed by atoms with van der Waals surface area (Å²) in [5, 5.41) is 12.9. The number of amides is 2. The molecular formula is C20H18N4O5S. The largest absolute Gasteiger partial charge is 0.454 e. The van der Waals surface area contributed by atoms with Crippen molar-refractivity contribution in [1.82, 2.24) is 14.1 Å². The molecule has 1 aromatic heterocycles. The number of rotatable bonds is 7. The second kappa shape index (κ2) is 8.47. The van der Waals surface area contributed by atoms with Gasteiger partial charge in [0.15, 0.2) is 23.3 Å². The number of nitrogens with one attached hydrogen (secondary N) is 1. The average Bonchev–Trinajstić information content (AvgIpc) is 3.42. The van der Waals surface area contributed by atoms with Crippen LogP contribution < -0.4 is 20.5 Å². The summed E-state index contributed by atoms with van der Waals surface area (Å²) in [6, 6.07) is 13.5. The van der Waals surface area contributed by atoms with Crippen LogP contribution in [0.15, 0.2) is 48.5 Å². The van der Waals surface area contributed by atoms with Crippen LogP contribution >= 0.6 is 11.7 Å². The fraction of sp³-hybridized carbons (Fsp3) is 0.200. The van der Waals surface area contributed by atoms with Gasteiger partial charge in [-0.2, -0.15) is 8.75 Å². The molecule has 4 rings (SSSR count). The smallest absolute Gasteiger partial charge is 0.273 e. The number of aromatic nitrogens is 2. The minimum absolute atomic E-state index is 0.0543. The minimum Gasteiger partial charge on any atom is -0.454 e. The topological polar surface area (TPSA) is 137 Å². The summed E-state index contributed by atoms with van der Waals surface area (Å²) >= 11 is 0.869. The Morgan fingerprint density at radius 3 is 2.70 bits per heavy atom. The normalized spacial score (nSPS) is 14.2. The van der Waals surface area contributed by atoms with E-state index in [-0.39, 0.29) is 18.9 Å². The van der Waals surface area contributed by atoms with Crippen molar-refractivity contribution >= 4 is 23.5 Å². The van der Waals surface area contributed by atoms with Gasteiger partial charge in [0.2, 0.25) is 12.7 Å². The number of carbonyl (C=O) groups excluding carboxylic acids is 2. The Morgan fingerprint density at radius 1 is 1.13 bits per heavy atom. The van der Waals surface area contributed by atoms with E-state index in [9.17, 15) is 14.7 Å². The Bertz CT molecular complexity index is 1070. The van der Waals surface area contributed by atoms with Crippen LogP contribution in [0.5, 0.6) is 11.5 Å². The predicted molar refractivity (Wildman–Crippen MR) is 108 cm³/mol. The van der Waals surface area contributed by atoms with Crippen molar-refractivity contribution in [3.05, 3.63) is 59.8 Å². The van der Waals surface area contributed by atoms with Crippen LogP contribution in [0.2, 0.25) is 0 Å². The first-order valence-electron chi connectivity index (χ1n) is 9.08. The van der Waals surface area contributed by atoms with Crippen LogP contribution in [-0.2, 0) is 11.2 Å². The molecule has 0 spiro atoms. The summed E-state index contributed by atoms with van der Waals surface area (Å²) in [5.41, 5.74) is 7.04. The monoisotopic (exact) mass is 426 g/mol. The molecule has 0 radical (unpaired) electrons. The Balaban J connectivity index is 1.61. The molecule has 2 unspecified atom stereocenters. The van der Waals surface area contributed by atoms with E-state index < -0.39 is 24.0 Å². The highest BCUT2D eigenvalue weighted by Crippen LogP contribution is 2.41. The number of aliphatic hydroxyl groups excluding tert-OH is 1. The van der Waals surface area contributed by atoms with E-state index in [2.05, 4.69) is 14.1 Å². The maximum atomic E-state index is 13.0. The number of hydrogen-bond donors (Lipinski definition) is 3. The lowest BCUT2D eigenvalue weighted by Crippen LogP contribution is -2.50. The zero-order valence-corrected chi connectivity index (χ0v) is 16.5. The van der Waals surface area contributed by atoms with Gasteiger partial charge in [-0.15, -0.1) is 0 Å². The van der Waals surface area contributed by atoms with E-state index in [0.29, 0.717) is 22.8 Å². The van der Waals surface area contributed by atoms with E-state index in [1.54, 1.807) is 18.2 Å². The third kappa shape index (κ3) is 3.95. The van der Waals surface area contributed by atoms with Gasteiger partial charge in [0.05, 0.1) is 17.8 Å². The van der Waals surface area contributed by atoms with E-state index in [1.165, 1.54) is 0 Å². The van der Waals surface area contributed by atoms with Crippen LogP contribution in [0.3, 0.4) is 0 Å². The third-order valence-corrected chi connectivity index (χ3v) is 5.17. The number of benzene rings is 2. The van der Waals surface area contributed by atoms with Gasteiger partial charge in [0, 0.05) is 5.56 Å². The summed E-state index contributed by atoms with van der Waals surface area (Å²) in [5.74, 6) is -0.481. The molecule has 2 aromatic carbocycles. The number of primary amides is 1. The highest BCUT2D eigenvalue weighted by atomic mass is 32.1. The van der Waals surface area contributed by atoms with Crippen molar-refractivity contribution in [2.24, 2.45) is 5.73 Å². The maximum Gasteiger partial charge on any atom is 0.273 e. The molecule has 0 bridgehead atoms. The highest BCUT2D eigenvalue weighted by molar-refractivity contribution is 6.99. The molecule has 0 saturated heterocycles. The Kier molecular flexibility index (Phi) is 5.59. The van der Waals surface area contributed by atoms with Crippen molar-refractivity contribution < 1.29 is 24.2 Å². The molecular weight excluding hydrogens is 408 g/mol. The molecule has 9 nitrogen and oxygen atoms in total. The van der Waals surface area contributed by atoms with Crippen LogP contribution in [0.25, 0.3) is 11.3 Å². The lowest BCUT2D eigenvalue weighted by Gasteiger charge is -2.22. The van der Waals surface area contributed by atoms with E-state index in [1.807, 2.05) is 30.3 Å². The molecule has 1 aliphatic heterocycles. The van der Waals surface area contributed by atoms with E-state index in [4.69, 9.17) is 15.2 Å². The maximum absolute atomic E-state index is 13.0. The Morgan fingerprint density at radius 2 is 1.93 bits per heavy atom. The van der Waals surface area contributed by atoms with Crippen LogP contribution in [0, 0.1) is 0 Å². The van der Waals surface area contributed by atoms with Gasteiger partial charge in [-0.25, -0.2) is 0 Å². The Labute approximate surface area is 175 Å². The second-order valence-electron chi connectivity index (χ2n) is 6.62. The predicted octanol–water partition coefficient (Wildman–Crippen LogP) is 1.12. The van der Waals surface area contributed by atoms with E-state index >= 15 is 0 Å². The zero-order chi connectivity index (χ0) is 21.1. The van der Waals surface area contributed by atoms with Gasteiger partial charge >= 0.3 is 0 Å². The molecule has 2 amide bonds. The average molecular weight is 426 g/mol. The van der Waals surface area contributed by atoms with Gasteiger partial charge < -0.3 is 25.6 Å². The number of nitrogens with two attached hydrogens (primary N) is 1. The summed E-state index contributed by atoms with van der Waals surface area (Å²) in [6.45, 7) is 0.0788. The zero-order valence-electron chi connectivity index (χ0n) is 15.6. The molecule has 0 fully saturated rings. The highest BCUT2D eigenvalue weighted by Gasteiger charge is 2.30. The standard InChI is InChI=1S/C20H18N4O5S/c21-19(26)17(25)13(9-11-5-2-1-3-6-11)22-20(27)16-15(23-30-24-16)12-7-4-8-14-18(12)29-10-28-14/h1-8,13,17,25H,9-10H2,(H2,21,26)(H,22,27). The second-order valence-corrected chi connectivity index (χ2v) is 7.15. The van der Waals surface area contributed by atoms with E-state index in [0.717, 1.165) is 17.3 Å². The van der Waals surface area contributed by atoms with Crippen molar-refractivity contribution in [2.75, 3.05) is 6.79 Å². The van der Waals surface area contributed by atoms with Crippen molar-refractivity contribution in [3.8, 4) is 22.8 Å². The fourth-order valence-corrected chi connectivity index (χ4v) is 3.73. The Hall–Kier alpha value is -3.50. The molecule has 1 aliphatic rings. The van der Waals surface area contributed by atoms with Crippen molar-refractivity contribution in [2.45, 2.75) is 18.6 Å². The summed E-state index contributed by atoms with van der Waals surface area (Å²) in [7, 11) is 0. The molecule has 0 saturated carbocycles. The summed E-state index contributed by atoms with van der Waals surface area (Å²) in [6.07, 6.45) is -1.36. The molecule has 4 N–H and O–H groups in total. The third-order valence-electron chi connectivity index (χ3n) is 4.64. The van der Waals surface area contributed by atoms with Gasteiger partial charge in [0.1, 0.15) is 5.69 Å². The first-order valence-corrected chi connectivity index (χ1v) is 9.81. The molecule has 2 heterocycles. The molecule has 10 heteroatoms. The number of aliphatic hydroxyl groups is 1. The molecule has 3 aromatic rings. The van der Waals surface area contributed by atoms with Gasteiger partial charge in [-0.3, -0.25) is 9.59 Å². The molecule has 154 valence electrons. The molecule has 2 atom stereocenters. The van der Waals surface area contributed by atoms with Crippen LogP contribution in [-0.4, -0.2) is 44.6 Å². The minimum atomic E-state index is -1.57. The number of fused-ring (bicyclic) bond motifs is 1. The number of ether oxygens (including phenoxy) is 2. The molecule has 30 heavy (non-hydrogen) atoms. The number of hydrogen-bond acceptors (Lipinski definition) is 8. The first-order chi connectivity index (χ1) is 14.5. The summed E-state index contributed by atoms with van der Waals surface area (Å²) in [4.78, 5) is 24.6. The lowest BCUT2D eigenvalue weighted by molar-refractivity contribution is -0.127. The SMILES string of the molecule is NC(=O)C(O)C(Cc1ccccc1)NC(=O)c1nsnc1-c1cccc2c1OCO2. The molecule has 0 aliphatic carbocycles. The van der Waals surface area contributed by atoms with Crippen molar-refractivity contribution in [3.63, 3.8) is 0 Å². The quantitative estimate of drug-likeness (QED) is 0.515. The number of carbonyl (C=O) groups is 2. The number of nitrogens with zero attached hydrogens (tertiary/aromatic N) is 2. The first kappa shape index (κ1) is 19.8. The fourth-order valence-electron chi connectivity index (χ4n) is 3.18. The van der Waals surface area contributed by atoms with Crippen LogP contribution in [0.1, 0.15) is 16.1 Å². The van der Waals surface area contributed by atoms with Gasteiger partial charge in [-0.05, 0) is 24.1 Å². The van der Waals surface area contributed by atoms with Gasteiger partial charge in [0.25, 0.3) is 5.91 Å². The lowest BCUT2D eigenvalue weighted by atomic mass is 10.00. The summed E-state index contributed by atoms with van der Waals surface area (Å²) < 4.78 is 19.2. The van der Waals surface area contributed by atoms with Crippen LogP contribution in [0.4, 0.5) is 0 Å².